The summed E-state index contributed by atoms with van der Waals surface area (Å²) < 4.78 is 22.7. The highest BCUT2D eigenvalue weighted by molar-refractivity contribution is 5.94. The maximum absolute atomic E-state index is 14.2. The standard InChI is InChI=1S/C45H54N4O6/c1-23(50)27(28-16-40-44-30(26-11-9-10-12-36(26)48(44)6)18-38(46(40)4)35(28)22-55-25(3)52)15-31-42(53-8)14-13-37-43(31)32-19-39-34-21-54-20-33(24(2)51)29(34)17-41(47(39)5)45(32)49(37)7/h9-14,20,27-29,34-35,38-41H,15-19,21-22H2,1-8H3. The summed E-state index contributed by atoms with van der Waals surface area (Å²) in [6.07, 6.45) is 5.57. The maximum atomic E-state index is 14.2. The van der Waals surface area contributed by atoms with Gasteiger partial charge in [-0.3, -0.25) is 24.2 Å². The minimum atomic E-state index is -0.309. The first-order chi connectivity index (χ1) is 26.4. The first-order valence-corrected chi connectivity index (χ1v) is 20.0. The molecule has 10 heteroatoms. The van der Waals surface area contributed by atoms with Crippen LogP contribution in [0.5, 0.6) is 5.75 Å². The van der Waals surface area contributed by atoms with Gasteiger partial charge in [-0.15, -0.1) is 0 Å². The predicted molar refractivity (Wildman–Crippen MR) is 211 cm³/mol. The number of nitrogens with zero attached hydrogens (tertiary/aromatic N) is 4. The molecule has 0 aliphatic carbocycles. The number of rotatable bonds is 8. The van der Waals surface area contributed by atoms with Gasteiger partial charge in [-0.1, -0.05) is 18.2 Å². The second kappa shape index (κ2) is 13.4. The highest BCUT2D eigenvalue weighted by Crippen LogP contribution is 2.54. The summed E-state index contributed by atoms with van der Waals surface area (Å²) in [7, 11) is 10.5. The molecule has 10 nitrogen and oxygen atoms in total. The molecule has 4 bridgehead atoms. The third-order valence-corrected chi connectivity index (χ3v) is 14.8. The zero-order valence-electron chi connectivity index (χ0n) is 33.4. The van der Waals surface area contributed by atoms with Crippen LogP contribution in [0.15, 0.2) is 48.2 Å². The number of methoxy groups -OCH3 is 1. The summed E-state index contributed by atoms with van der Waals surface area (Å²) >= 11 is 0. The minimum Gasteiger partial charge on any atom is -0.500 e. The first-order valence-electron chi connectivity index (χ1n) is 20.0. The van der Waals surface area contributed by atoms with E-state index in [0.29, 0.717) is 13.0 Å². The maximum Gasteiger partial charge on any atom is 0.302 e. The zero-order chi connectivity index (χ0) is 38.6. The number of piperidine rings is 2. The SMILES string of the molecule is COc1ccc2c(c1CC(C(C)=O)C1CC3c4c(c5ccccc5n4C)CC(C1COC(C)=O)N3C)c1c(n2C)C2CC3C(C(C)=O)=COCC3C(C1)N2C. The van der Waals surface area contributed by atoms with Gasteiger partial charge in [-0.2, -0.15) is 0 Å². The van der Waals surface area contributed by atoms with Crippen LogP contribution in [-0.4, -0.2) is 83.0 Å². The largest absolute Gasteiger partial charge is 0.500 e. The second-order valence-electron chi connectivity index (χ2n) is 17.2. The molecule has 0 amide bonds. The lowest BCUT2D eigenvalue weighted by Crippen LogP contribution is -2.56. The number of fused-ring (bicyclic) bond motifs is 14. The Labute approximate surface area is 323 Å². The van der Waals surface area contributed by atoms with Crippen LogP contribution in [0.25, 0.3) is 21.8 Å². The molecule has 2 saturated heterocycles. The summed E-state index contributed by atoms with van der Waals surface area (Å²) in [5.74, 6) is 0.791. The van der Waals surface area contributed by atoms with E-state index in [9.17, 15) is 14.4 Å². The normalized spacial score (nSPS) is 29.1. The van der Waals surface area contributed by atoms with Crippen LogP contribution >= 0.6 is 0 Å². The van der Waals surface area contributed by atoms with Crippen molar-refractivity contribution in [3.05, 3.63) is 76.3 Å². The highest BCUT2D eigenvalue weighted by atomic mass is 16.5. The summed E-state index contributed by atoms with van der Waals surface area (Å²) in [5, 5.41) is 2.49. The Morgan fingerprint density at radius 1 is 0.855 bits per heavy atom. The monoisotopic (exact) mass is 746 g/mol. The van der Waals surface area contributed by atoms with E-state index in [1.807, 2.05) is 0 Å². The van der Waals surface area contributed by atoms with Crippen LogP contribution in [0.2, 0.25) is 0 Å². The molecular formula is C45H54N4O6. The Bertz CT molecular complexity index is 2280. The van der Waals surface area contributed by atoms with Crippen LogP contribution < -0.4 is 4.74 Å². The number of allylic oxidation sites excluding steroid dienone is 1. The number of Topliss-reactive ketones (excluding diaryl/α,β-unsaturated/α-hetero) is 2. The smallest absolute Gasteiger partial charge is 0.302 e. The van der Waals surface area contributed by atoms with E-state index in [1.54, 1.807) is 27.2 Å². The van der Waals surface area contributed by atoms with Crippen molar-refractivity contribution in [2.24, 2.45) is 43.7 Å². The molecule has 0 spiro atoms. The van der Waals surface area contributed by atoms with Gasteiger partial charge in [0.2, 0.25) is 0 Å². The molecule has 2 aromatic heterocycles. The third-order valence-electron chi connectivity index (χ3n) is 14.8. The van der Waals surface area contributed by atoms with Gasteiger partial charge < -0.3 is 23.3 Å². The van der Waals surface area contributed by atoms with Crippen molar-refractivity contribution in [1.29, 1.82) is 0 Å². The summed E-state index contributed by atoms with van der Waals surface area (Å²) in [4.78, 5) is 44.4. The van der Waals surface area contributed by atoms with Gasteiger partial charge in [-0.25, -0.2) is 0 Å². The van der Waals surface area contributed by atoms with E-state index >= 15 is 0 Å². The molecule has 4 aromatic rings. The lowest BCUT2D eigenvalue weighted by Gasteiger charge is -2.53. The molecular weight excluding hydrogens is 693 g/mol. The lowest BCUT2D eigenvalue weighted by atomic mass is 9.64. The molecule has 2 aromatic carbocycles. The molecule has 0 radical (unpaired) electrons. The average molecular weight is 747 g/mol. The number of benzene rings is 2. The van der Waals surface area contributed by atoms with Crippen LogP contribution in [0.4, 0.5) is 0 Å². The van der Waals surface area contributed by atoms with Crippen molar-refractivity contribution in [3.63, 3.8) is 0 Å². The van der Waals surface area contributed by atoms with Gasteiger partial charge >= 0.3 is 5.97 Å². The number of likely N-dealkylation sites (N-methyl/N-ethyl adjacent to an activating group) is 2. The van der Waals surface area contributed by atoms with Crippen molar-refractivity contribution >= 4 is 39.3 Å². The number of carbonyl (C=O) groups excluding carboxylic acids is 3. The molecule has 0 N–H and O–H groups in total. The Morgan fingerprint density at radius 3 is 2.27 bits per heavy atom. The Balaban J connectivity index is 1.15. The van der Waals surface area contributed by atoms with Crippen LogP contribution in [-0.2, 0) is 57.2 Å². The molecule has 7 heterocycles. The average Bonchev–Trinajstić information content (AvgIpc) is 3.59. The van der Waals surface area contributed by atoms with E-state index in [-0.39, 0.29) is 77.9 Å². The Kier molecular flexibility index (Phi) is 8.81. The minimum absolute atomic E-state index is 0.0174. The fourth-order valence-electron chi connectivity index (χ4n) is 12.3. The number of ketones is 2. The first kappa shape index (κ1) is 36.2. The summed E-state index contributed by atoms with van der Waals surface area (Å²) in [6.45, 7) is 5.77. The van der Waals surface area contributed by atoms with Gasteiger partial charge in [0.15, 0.2) is 5.78 Å². The number of aromatic nitrogens is 2. The molecule has 0 saturated carbocycles. The molecule has 290 valence electrons. The van der Waals surface area contributed by atoms with E-state index in [4.69, 9.17) is 14.2 Å². The van der Waals surface area contributed by atoms with Crippen LogP contribution in [0.1, 0.15) is 73.8 Å². The quantitative estimate of drug-likeness (QED) is 0.195. The van der Waals surface area contributed by atoms with E-state index in [1.165, 1.54) is 45.7 Å². The van der Waals surface area contributed by atoms with Gasteiger partial charge in [0.1, 0.15) is 11.5 Å². The molecule has 5 aliphatic heterocycles. The number of para-hydroxylation sites is 1. The number of hydrogen-bond acceptors (Lipinski definition) is 8. The van der Waals surface area contributed by atoms with Crippen molar-refractivity contribution in [2.75, 3.05) is 34.4 Å². The molecule has 2 fully saturated rings. The van der Waals surface area contributed by atoms with Gasteiger partial charge in [-0.05, 0) is 101 Å². The molecule has 5 aliphatic rings. The highest BCUT2D eigenvalue weighted by Gasteiger charge is 2.52. The summed E-state index contributed by atoms with van der Waals surface area (Å²) in [6, 6.07) is 13.5. The zero-order valence-corrected chi connectivity index (χ0v) is 33.4. The Morgan fingerprint density at radius 2 is 1.55 bits per heavy atom. The van der Waals surface area contributed by atoms with Crippen LogP contribution in [0, 0.1) is 29.6 Å². The van der Waals surface area contributed by atoms with Crippen molar-refractivity contribution in [3.8, 4) is 5.75 Å². The molecule has 9 unspecified atom stereocenters. The Hall–Kier alpha value is -4.41. The predicted octanol–water partition coefficient (Wildman–Crippen LogP) is 6.26. The fourth-order valence-corrected chi connectivity index (χ4v) is 12.3. The molecule has 55 heavy (non-hydrogen) atoms. The number of hydrogen-bond donors (Lipinski definition) is 0. The molecule has 9 rings (SSSR count). The van der Waals surface area contributed by atoms with Gasteiger partial charge in [0, 0.05) is 95.2 Å². The van der Waals surface area contributed by atoms with Crippen molar-refractivity contribution in [1.82, 2.24) is 18.9 Å². The summed E-state index contributed by atoms with van der Waals surface area (Å²) in [5.41, 5.74) is 9.60. The fraction of sp³-hybridized carbons (Fsp3) is 0.533. The lowest BCUT2D eigenvalue weighted by molar-refractivity contribution is -0.147. The van der Waals surface area contributed by atoms with Gasteiger partial charge in [0.05, 0.1) is 38.7 Å². The third kappa shape index (κ3) is 5.37. The topological polar surface area (TPSA) is 95.2 Å². The molecule has 9 atom stereocenters. The van der Waals surface area contributed by atoms with E-state index in [0.717, 1.165) is 48.1 Å². The number of esters is 1. The van der Waals surface area contributed by atoms with Crippen LogP contribution in [0.3, 0.4) is 0 Å². The van der Waals surface area contributed by atoms with Crippen molar-refractivity contribution in [2.45, 2.75) is 77.0 Å². The van der Waals surface area contributed by atoms with Crippen molar-refractivity contribution < 1.29 is 28.6 Å². The second-order valence-corrected chi connectivity index (χ2v) is 17.2. The number of carbonyl (C=O) groups is 3. The van der Waals surface area contributed by atoms with E-state index < -0.39 is 0 Å². The van der Waals surface area contributed by atoms with E-state index in [2.05, 4.69) is 83.5 Å². The number of aryl methyl sites for hydroxylation is 2. The number of ether oxygens (including phenoxy) is 3. The van der Waals surface area contributed by atoms with Gasteiger partial charge in [0.25, 0.3) is 0 Å².